The molecule has 9 heavy (non-hydrogen) atoms. The van der Waals surface area contributed by atoms with Gasteiger partial charge in [0.2, 0.25) is 0 Å². The van der Waals surface area contributed by atoms with Crippen LogP contribution in [0.2, 0.25) is 0 Å². The Hall–Kier alpha value is -0.830. The van der Waals surface area contributed by atoms with Crippen LogP contribution in [0.25, 0.3) is 0 Å². The molecule has 0 fully saturated rings. The Kier molecular flexibility index (Phi) is 4.82. The molecule has 0 radical (unpaired) electrons. The molecule has 0 spiro atoms. The molecule has 0 rings (SSSR count). The number of carbonyl (C=O) groups is 1. The summed E-state index contributed by atoms with van der Waals surface area (Å²) >= 11 is 0. The van der Waals surface area contributed by atoms with Crippen LogP contribution in [-0.4, -0.2) is 5.91 Å². The maximum atomic E-state index is 10.4. The van der Waals surface area contributed by atoms with Gasteiger partial charge in [-0.05, 0) is 6.42 Å². The van der Waals surface area contributed by atoms with Crippen molar-refractivity contribution in [3.63, 3.8) is 0 Å². The molecule has 0 unspecified atom stereocenters. The Morgan fingerprint density at radius 1 is 1.78 bits per heavy atom. The summed E-state index contributed by atoms with van der Waals surface area (Å²) in [5.41, 5.74) is 2.00. The van der Waals surface area contributed by atoms with Crippen molar-refractivity contribution in [3.05, 3.63) is 12.2 Å². The van der Waals surface area contributed by atoms with Crippen LogP contribution in [0.15, 0.2) is 12.2 Å². The summed E-state index contributed by atoms with van der Waals surface area (Å²) in [6.45, 7) is 2.05. The maximum Gasteiger partial charge on any atom is 0.257 e. The van der Waals surface area contributed by atoms with Gasteiger partial charge < -0.3 is 0 Å². The van der Waals surface area contributed by atoms with Crippen molar-refractivity contribution in [2.24, 2.45) is 5.84 Å². The van der Waals surface area contributed by atoms with Crippen molar-refractivity contribution in [1.82, 2.24) is 5.43 Å². The number of allylic oxidation sites excluding steroid dienone is 1. The first kappa shape index (κ1) is 8.17. The average molecular weight is 128 g/mol. The third kappa shape index (κ3) is 5.03. The van der Waals surface area contributed by atoms with E-state index in [2.05, 4.69) is 0 Å². The monoisotopic (exact) mass is 128 g/mol. The lowest BCUT2D eigenvalue weighted by Crippen LogP contribution is -2.27. The predicted octanol–water partition coefficient (Wildman–Crippen LogP) is 0.333. The second kappa shape index (κ2) is 5.31. The van der Waals surface area contributed by atoms with Gasteiger partial charge in [-0.15, -0.1) is 0 Å². The molecule has 0 atom stereocenters. The average Bonchev–Trinajstić information content (AvgIpc) is 1.89. The van der Waals surface area contributed by atoms with Crippen LogP contribution in [0, 0.1) is 0 Å². The third-order valence-corrected chi connectivity index (χ3v) is 0.867. The third-order valence-electron chi connectivity index (χ3n) is 0.867. The van der Waals surface area contributed by atoms with E-state index in [1.807, 2.05) is 12.3 Å². The van der Waals surface area contributed by atoms with E-state index in [1.165, 1.54) is 6.08 Å². The van der Waals surface area contributed by atoms with E-state index in [4.69, 9.17) is 5.84 Å². The molecule has 0 aromatic carbocycles. The van der Waals surface area contributed by atoms with Crippen LogP contribution in [-0.2, 0) is 4.79 Å². The van der Waals surface area contributed by atoms with Gasteiger partial charge in [0.25, 0.3) is 5.91 Å². The van der Waals surface area contributed by atoms with E-state index < -0.39 is 0 Å². The van der Waals surface area contributed by atoms with Crippen LogP contribution >= 0.6 is 0 Å². The molecule has 52 valence electrons. The van der Waals surface area contributed by atoms with E-state index >= 15 is 0 Å². The van der Waals surface area contributed by atoms with Gasteiger partial charge in [0.1, 0.15) is 0 Å². The molecule has 0 aliphatic heterocycles. The summed E-state index contributed by atoms with van der Waals surface area (Å²) in [5.74, 6) is 4.56. The zero-order valence-electron chi connectivity index (χ0n) is 5.55. The maximum absolute atomic E-state index is 10.4. The van der Waals surface area contributed by atoms with Crippen LogP contribution < -0.4 is 11.3 Å². The van der Waals surface area contributed by atoms with Crippen LogP contribution in [0.4, 0.5) is 0 Å². The van der Waals surface area contributed by atoms with Gasteiger partial charge in [0.15, 0.2) is 0 Å². The molecule has 3 nitrogen and oxygen atoms in total. The van der Waals surface area contributed by atoms with E-state index in [0.717, 1.165) is 12.8 Å². The lowest BCUT2D eigenvalue weighted by molar-refractivity contribution is -0.116. The molecular weight excluding hydrogens is 116 g/mol. The second-order valence-corrected chi connectivity index (χ2v) is 1.70. The van der Waals surface area contributed by atoms with Crippen LogP contribution in [0.5, 0.6) is 0 Å². The molecule has 0 saturated carbocycles. The summed E-state index contributed by atoms with van der Waals surface area (Å²) < 4.78 is 0. The fourth-order valence-corrected chi connectivity index (χ4v) is 0.405. The highest BCUT2D eigenvalue weighted by Crippen LogP contribution is 1.86. The molecular formula is C6H12N2O. The molecule has 0 heterocycles. The number of hydrogen-bond acceptors (Lipinski definition) is 2. The number of carbonyl (C=O) groups excluding carboxylic acids is 1. The molecule has 0 saturated heterocycles. The van der Waals surface area contributed by atoms with Gasteiger partial charge in [-0.2, -0.15) is 0 Å². The zero-order valence-corrected chi connectivity index (χ0v) is 5.55. The number of hydrazine groups is 1. The van der Waals surface area contributed by atoms with Crippen LogP contribution in [0.3, 0.4) is 0 Å². The molecule has 0 aliphatic carbocycles. The lowest BCUT2D eigenvalue weighted by atomic mass is 10.3. The van der Waals surface area contributed by atoms with Crippen molar-refractivity contribution >= 4 is 5.91 Å². The molecule has 3 N–H and O–H groups in total. The molecule has 0 aromatic heterocycles. The Balaban J connectivity index is 3.32. The van der Waals surface area contributed by atoms with E-state index in [-0.39, 0.29) is 5.91 Å². The standard InChI is InChI=1S/C6H12N2O/c1-2-3-4-5-6(9)8-7/h4-5H,2-3,7H2,1H3,(H,8,9)/b5-4-. The number of rotatable bonds is 3. The number of amides is 1. The minimum Gasteiger partial charge on any atom is -0.291 e. The first-order valence-corrected chi connectivity index (χ1v) is 2.98. The van der Waals surface area contributed by atoms with E-state index in [1.54, 1.807) is 6.08 Å². The highest BCUT2D eigenvalue weighted by molar-refractivity contribution is 5.86. The topological polar surface area (TPSA) is 55.1 Å². The summed E-state index contributed by atoms with van der Waals surface area (Å²) in [6, 6.07) is 0. The fraction of sp³-hybridized carbons (Fsp3) is 0.500. The molecule has 0 aliphatic rings. The van der Waals surface area contributed by atoms with Gasteiger partial charge >= 0.3 is 0 Å². The second-order valence-electron chi connectivity index (χ2n) is 1.70. The summed E-state index contributed by atoms with van der Waals surface area (Å²) in [5, 5.41) is 0. The zero-order chi connectivity index (χ0) is 7.11. The first-order valence-electron chi connectivity index (χ1n) is 2.98. The minimum atomic E-state index is -0.247. The predicted molar refractivity (Wildman–Crippen MR) is 36.4 cm³/mol. The number of unbranched alkanes of at least 4 members (excludes halogenated alkanes) is 1. The minimum absolute atomic E-state index is 0.247. The summed E-state index contributed by atoms with van der Waals surface area (Å²) in [4.78, 5) is 10.4. The lowest BCUT2D eigenvalue weighted by Gasteiger charge is -1.87. The molecule has 1 amide bonds. The Bertz CT molecular complexity index is 110. The van der Waals surface area contributed by atoms with Gasteiger partial charge in [-0.1, -0.05) is 19.4 Å². The normalized spacial score (nSPS) is 10.0. The quantitative estimate of drug-likeness (QED) is 0.249. The summed E-state index contributed by atoms with van der Waals surface area (Å²) in [7, 11) is 0. The first-order chi connectivity index (χ1) is 4.31. The van der Waals surface area contributed by atoms with E-state index in [9.17, 15) is 4.79 Å². The van der Waals surface area contributed by atoms with E-state index in [0.29, 0.717) is 0 Å². The molecule has 0 bridgehead atoms. The summed E-state index contributed by atoms with van der Waals surface area (Å²) in [6.07, 6.45) is 5.20. The number of nitrogens with two attached hydrogens (primary N) is 1. The molecule has 0 aromatic rings. The van der Waals surface area contributed by atoms with Crippen molar-refractivity contribution in [2.45, 2.75) is 19.8 Å². The van der Waals surface area contributed by atoms with Gasteiger partial charge in [-0.25, -0.2) is 5.84 Å². The SMILES string of the molecule is CCC/C=C\C(=O)NN. The van der Waals surface area contributed by atoms with Crippen molar-refractivity contribution in [2.75, 3.05) is 0 Å². The molecule has 3 heteroatoms. The van der Waals surface area contributed by atoms with Crippen molar-refractivity contribution in [1.29, 1.82) is 0 Å². The Labute approximate surface area is 54.9 Å². The Morgan fingerprint density at radius 2 is 2.44 bits per heavy atom. The van der Waals surface area contributed by atoms with Crippen molar-refractivity contribution in [3.8, 4) is 0 Å². The highest BCUT2D eigenvalue weighted by atomic mass is 16.2. The van der Waals surface area contributed by atoms with Gasteiger partial charge in [0.05, 0.1) is 0 Å². The highest BCUT2D eigenvalue weighted by Gasteiger charge is 1.84. The van der Waals surface area contributed by atoms with Gasteiger partial charge in [-0.3, -0.25) is 10.2 Å². The van der Waals surface area contributed by atoms with Crippen molar-refractivity contribution < 1.29 is 4.79 Å². The Morgan fingerprint density at radius 3 is 2.89 bits per heavy atom. The number of nitrogens with one attached hydrogen (secondary N) is 1. The smallest absolute Gasteiger partial charge is 0.257 e. The van der Waals surface area contributed by atoms with Gasteiger partial charge in [0, 0.05) is 6.08 Å². The fourth-order valence-electron chi connectivity index (χ4n) is 0.405. The van der Waals surface area contributed by atoms with Crippen LogP contribution in [0.1, 0.15) is 19.8 Å². The largest absolute Gasteiger partial charge is 0.291 e. The number of hydrogen-bond donors (Lipinski definition) is 2.